The lowest BCUT2D eigenvalue weighted by molar-refractivity contribution is -0.162. The van der Waals surface area contributed by atoms with E-state index in [-0.39, 0.29) is 6.10 Å². The fourth-order valence-electron chi connectivity index (χ4n) is 2.67. The topological polar surface area (TPSA) is 55.8 Å². The van der Waals surface area contributed by atoms with Gasteiger partial charge in [-0.2, -0.15) is 0 Å². The first-order chi connectivity index (χ1) is 7.73. The Morgan fingerprint density at radius 2 is 2.19 bits per heavy atom. The number of rotatable bonds is 3. The van der Waals surface area contributed by atoms with Crippen molar-refractivity contribution in [2.75, 3.05) is 19.8 Å². The first-order valence-corrected chi connectivity index (χ1v) is 6.16. The van der Waals surface area contributed by atoms with Crippen LogP contribution in [-0.2, 0) is 14.3 Å². The van der Waals surface area contributed by atoms with Crippen molar-refractivity contribution in [1.82, 2.24) is 0 Å². The van der Waals surface area contributed by atoms with E-state index in [1.54, 1.807) is 0 Å². The lowest BCUT2D eigenvalue weighted by Crippen LogP contribution is -2.43. The zero-order chi connectivity index (χ0) is 11.4. The molecule has 0 aromatic heterocycles. The molecule has 2 rings (SSSR count). The van der Waals surface area contributed by atoms with Gasteiger partial charge in [-0.3, -0.25) is 4.79 Å². The molecule has 2 aliphatic heterocycles. The van der Waals surface area contributed by atoms with E-state index in [1.165, 1.54) is 0 Å². The van der Waals surface area contributed by atoms with E-state index in [0.29, 0.717) is 19.6 Å². The molecule has 2 aliphatic rings. The van der Waals surface area contributed by atoms with Gasteiger partial charge in [0.05, 0.1) is 18.1 Å². The van der Waals surface area contributed by atoms with Crippen LogP contribution in [0.25, 0.3) is 0 Å². The standard InChI is InChI=1S/C12H20O4/c13-11(14)12(5-3-6-15-9-12)8-10-4-1-2-7-16-10/h10H,1-9H2,(H,13,14). The van der Waals surface area contributed by atoms with Crippen molar-refractivity contribution in [2.24, 2.45) is 5.41 Å². The molecule has 0 aromatic carbocycles. The van der Waals surface area contributed by atoms with Gasteiger partial charge in [0.1, 0.15) is 0 Å². The van der Waals surface area contributed by atoms with Crippen molar-refractivity contribution in [3.8, 4) is 0 Å². The van der Waals surface area contributed by atoms with Crippen molar-refractivity contribution in [1.29, 1.82) is 0 Å². The van der Waals surface area contributed by atoms with Crippen LogP contribution in [0.1, 0.15) is 38.5 Å². The molecule has 2 saturated heterocycles. The van der Waals surface area contributed by atoms with E-state index >= 15 is 0 Å². The first-order valence-electron chi connectivity index (χ1n) is 6.16. The molecule has 0 bridgehead atoms. The molecular formula is C12H20O4. The predicted molar refractivity (Wildman–Crippen MR) is 58.3 cm³/mol. The minimum absolute atomic E-state index is 0.117. The largest absolute Gasteiger partial charge is 0.481 e. The summed E-state index contributed by atoms with van der Waals surface area (Å²) in [7, 11) is 0. The molecule has 4 nitrogen and oxygen atoms in total. The quantitative estimate of drug-likeness (QED) is 0.800. The van der Waals surface area contributed by atoms with Crippen molar-refractivity contribution in [3.05, 3.63) is 0 Å². The van der Waals surface area contributed by atoms with Crippen LogP contribution in [0, 0.1) is 5.41 Å². The average molecular weight is 228 g/mol. The lowest BCUT2D eigenvalue weighted by atomic mass is 9.77. The molecule has 16 heavy (non-hydrogen) atoms. The van der Waals surface area contributed by atoms with E-state index in [1.807, 2.05) is 0 Å². The molecule has 0 amide bonds. The molecule has 0 spiro atoms. The number of hydrogen-bond donors (Lipinski definition) is 1. The summed E-state index contributed by atoms with van der Waals surface area (Å²) in [6.07, 6.45) is 5.55. The maximum absolute atomic E-state index is 11.4. The van der Waals surface area contributed by atoms with Gasteiger partial charge in [0.15, 0.2) is 0 Å². The molecule has 2 fully saturated rings. The van der Waals surface area contributed by atoms with Crippen LogP contribution in [0.5, 0.6) is 0 Å². The second-order valence-corrected chi connectivity index (χ2v) is 4.93. The number of carboxylic acid groups (broad SMARTS) is 1. The Morgan fingerprint density at radius 1 is 1.31 bits per heavy atom. The van der Waals surface area contributed by atoms with Crippen LogP contribution in [0.3, 0.4) is 0 Å². The first kappa shape index (κ1) is 11.9. The highest BCUT2D eigenvalue weighted by Crippen LogP contribution is 2.36. The summed E-state index contributed by atoms with van der Waals surface area (Å²) < 4.78 is 11.0. The van der Waals surface area contributed by atoms with Crippen molar-refractivity contribution in [3.63, 3.8) is 0 Å². The second-order valence-electron chi connectivity index (χ2n) is 4.93. The average Bonchev–Trinajstić information content (AvgIpc) is 2.31. The van der Waals surface area contributed by atoms with Crippen molar-refractivity contribution in [2.45, 2.75) is 44.6 Å². The van der Waals surface area contributed by atoms with Gasteiger partial charge < -0.3 is 14.6 Å². The number of hydrogen-bond acceptors (Lipinski definition) is 3. The Morgan fingerprint density at radius 3 is 2.75 bits per heavy atom. The summed E-state index contributed by atoms with van der Waals surface area (Å²) in [4.78, 5) is 11.4. The normalized spacial score (nSPS) is 35.9. The van der Waals surface area contributed by atoms with E-state index in [0.717, 1.165) is 38.7 Å². The van der Waals surface area contributed by atoms with E-state index in [9.17, 15) is 9.90 Å². The molecule has 92 valence electrons. The molecule has 2 heterocycles. The highest BCUT2D eigenvalue weighted by molar-refractivity contribution is 5.75. The third-order valence-corrected chi connectivity index (χ3v) is 3.67. The summed E-state index contributed by atoms with van der Waals surface area (Å²) in [5, 5.41) is 9.38. The van der Waals surface area contributed by atoms with Crippen molar-refractivity contribution >= 4 is 5.97 Å². The third-order valence-electron chi connectivity index (χ3n) is 3.67. The van der Waals surface area contributed by atoms with Crippen LogP contribution >= 0.6 is 0 Å². The van der Waals surface area contributed by atoms with Crippen LogP contribution in [0.2, 0.25) is 0 Å². The summed E-state index contributed by atoms with van der Waals surface area (Å²) in [6, 6.07) is 0. The minimum atomic E-state index is -0.721. The summed E-state index contributed by atoms with van der Waals surface area (Å²) >= 11 is 0. The highest BCUT2D eigenvalue weighted by atomic mass is 16.5. The van der Waals surface area contributed by atoms with E-state index in [2.05, 4.69) is 0 Å². The Hall–Kier alpha value is -0.610. The SMILES string of the molecule is O=C(O)C1(CC2CCCCO2)CCCOC1. The van der Waals surface area contributed by atoms with Crippen LogP contribution < -0.4 is 0 Å². The molecule has 0 saturated carbocycles. The van der Waals surface area contributed by atoms with Crippen molar-refractivity contribution < 1.29 is 19.4 Å². The van der Waals surface area contributed by atoms with Gasteiger partial charge in [-0.15, -0.1) is 0 Å². The Kier molecular flexibility index (Phi) is 3.82. The monoisotopic (exact) mass is 228 g/mol. The molecule has 1 N–H and O–H groups in total. The molecule has 0 radical (unpaired) electrons. The van der Waals surface area contributed by atoms with Gasteiger partial charge in [-0.05, 0) is 38.5 Å². The fourth-order valence-corrected chi connectivity index (χ4v) is 2.67. The zero-order valence-electron chi connectivity index (χ0n) is 9.61. The molecule has 2 unspecified atom stereocenters. The molecule has 0 aliphatic carbocycles. The summed E-state index contributed by atoms with van der Waals surface area (Å²) in [5.41, 5.74) is -0.694. The van der Waals surface area contributed by atoms with Crippen LogP contribution in [-0.4, -0.2) is 37.0 Å². The molecule has 0 aromatic rings. The third kappa shape index (κ3) is 2.55. The van der Waals surface area contributed by atoms with Crippen LogP contribution in [0.15, 0.2) is 0 Å². The second kappa shape index (κ2) is 5.15. The zero-order valence-corrected chi connectivity index (χ0v) is 9.61. The number of carboxylic acids is 1. The van der Waals surface area contributed by atoms with Gasteiger partial charge in [0.2, 0.25) is 0 Å². The maximum Gasteiger partial charge on any atom is 0.312 e. The van der Waals surface area contributed by atoms with Gasteiger partial charge in [0.25, 0.3) is 0 Å². The van der Waals surface area contributed by atoms with E-state index < -0.39 is 11.4 Å². The summed E-state index contributed by atoms with van der Waals surface area (Å²) in [5.74, 6) is -0.721. The van der Waals surface area contributed by atoms with E-state index in [4.69, 9.17) is 9.47 Å². The van der Waals surface area contributed by atoms with Crippen LogP contribution in [0.4, 0.5) is 0 Å². The minimum Gasteiger partial charge on any atom is -0.481 e. The predicted octanol–water partition coefficient (Wildman–Crippen LogP) is 1.83. The molecule has 2 atom stereocenters. The Bertz CT molecular complexity index is 239. The Balaban J connectivity index is 1.98. The maximum atomic E-state index is 11.4. The number of aliphatic carboxylic acids is 1. The highest BCUT2D eigenvalue weighted by Gasteiger charge is 2.42. The lowest BCUT2D eigenvalue weighted by Gasteiger charge is -2.36. The number of carbonyl (C=O) groups is 1. The van der Waals surface area contributed by atoms with Gasteiger partial charge >= 0.3 is 5.97 Å². The Labute approximate surface area is 95.9 Å². The van der Waals surface area contributed by atoms with Gasteiger partial charge in [-0.25, -0.2) is 0 Å². The number of ether oxygens (including phenoxy) is 2. The molecule has 4 heteroatoms. The van der Waals surface area contributed by atoms with Gasteiger partial charge in [-0.1, -0.05) is 0 Å². The smallest absolute Gasteiger partial charge is 0.312 e. The van der Waals surface area contributed by atoms with Gasteiger partial charge in [0, 0.05) is 13.2 Å². The fraction of sp³-hybridized carbons (Fsp3) is 0.917. The summed E-state index contributed by atoms with van der Waals surface area (Å²) in [6.45, 7) is 1.82. The molecular weight excluding hydrogens is 208 g/mol.